The van der Waals surface area contributed by atoms with Gasteiger partial charge in [-0.05, 0) is 60.5 Å². The monoisotopic (exact) mass is 627 g/mol. The van der Waals surface area contributed by atoms with Crippen LogP contribution in [0.15, 0.2) is 102 Å². The van der Waals surface area contributed by atoms with Crippen molar-refractivity contribution in [2.75, 3.05) is 51.3 Å². The van der Waals surface area contributed by atoms with Gasteiger partial charge >= 0.3 is 0 Å². The molecule has 0 saturated carbocycles. The lowest BCUT2D eigenvalue weighted by atomic mass is 9.97. The van der Waals surface area contributed by atoms with Gasteiger partial charge in [-0.15, -0.1) is 24.8 Å². The maximum Gasteiger partial charge on any atom is 0.270 e. The maximum atomic E-state index is 13.3. The molecule has 3 aromatic carbocycles. The number of benzene rings is 3. The van der Waals surface area contributed by atoms with Crippen LogP contribution in [0.3, 0.4) is 0 Å². The number of rotatable bonds is 9. The van der Waals surface area contributed by atoms with Crippen molar-refractivity contribution < 1.29 is 9.53 Å². The minimum Gasteiger partial charge on any atom is -0.494 e. The van der Waals surface area contributed by atoms with Gasteiger partial charge in [0.05, 0.1) is 17.2 Å². The normalized spacial score (nSPS) is 16.7. The number of thioether (sulfide) groups is 1. The Morgan fingerprint density at radius 2 is 1.46 bits per heavy atom. The molecule has 0 N–H and O–H groups in total. The molecule has 0 unspecified atom stereocenters. The fraction of sp³-hybridized carbons (Fsp3) is 0.250. The van der Waals surface area contributed by atoms with Crippen molar-refractivity contribution in [1.82, 2.24) is 9.80 Å². The van der Waals surface area contributed by atoms with E-state index >= 15 is 0 Å². The predicted molar refractivity (Wildman–Crippen MR) is 181 cm³/mol. The van der Waals surface area contributed by atoms with Crippen molar-refractivity contribution in [2.45, 2.75) is 6.42 Å². The highest BCUT2D eigenvalue weighted by Crippen LogP contribution is 2.36. The third-order valence-electron chi connectivity index (χ3n) is 6.94. The number of halogens is 2. The number of ether oxygens (including phenoxy) is 1. The van der Waals surface area contributed by atoms with Gasteiger partial charge in [-0.25, -0.2) is 0 Å². The SMILES string of the molecule is CN1CCN(CCCOc2ccc(N3C(=O)C(=CC=C(c4ccccc4)c4ccccc4)SC3=S)cc2)CC1.Cl.Cl. The molecule has 5 nitrogen and oxygen atoms in total. The topological polar surface area (TPSA) is 36.0 Å². The third-order valence-corrected chi connectivity index (χ3v) is 8.26. The van der Waals surface area contributed by atoms with Crippen molar-refractivity contribution >= 4 is 70.3 Å². The molecule has 2 saturated heterocycles. The Balaban J connectivity index is 0.00000231. The lowest BCUT2D eigenvalue weighted by Crippen LogP contribution is -2.44. The van der Waals surface area contributed by atoms with E-state index in [4.69, 9.17) is 17.0 Å². The molecule has 3 aromatic rings. The van der Waals surface area contributed by atoms with E-state index in [1.165, 1.54) is 11.8 Å². The molecular formula is C32H35Cl2N3O2S2. The molecule has 0 aromatic heterocycles. The second kappa shape index (κ2) is 16.1. The summed E-state index contributed by atoms with van der Waals surface area (Å²) in [5.74, 6) is 0.693. The van der Waals surface area contributed by atoms with Crippen LogP contribution >= 0.6 is 48.8 Å². The van der Waals surface area contributed by atoms with Crippen molar-refractivity contribution in [3.63, 3.8) is 0 Å². The van der Waals surface area contributed by atoms with Gasteiger partial charge in [0.25, 0.3) is 5.91 Å². The second-order valence-electron chi connectivity index (χ2n) is 9.69. The number of thiocarbonyl (C=S) groups is 1. The molecule has 0 aliphatic carbocycles. The van der Waals surface area contributed by atoms with Crippen LogP contribution in [0, 0.1) is 0 Å². The van der Waals surface area contributed by atoms with Crippen molar-refractivity contribution in [1.29, 1.82) is 0 Å². The summed E-state index contributed by atoms with van der Waals surface area (Å²) in [4.78, 5) is 20.4. The lowest BCUT2D eigenvalue weighted by Gasteiger charge is -2.32. The van der Waals surface area contributed by atoms with E-state index in [0.29, 0.717) is 15.8 Å². The highest BCUT2D eigenvalue weighted by Gasteiger charge is 2.33. The molecule has 0 spiro atoms. The number of anilines is 1. The number of nitrogens with zero attached hydrogens (tertiary/aromatic N) is 3. The van der Waals surface area contributed by atoms with Gasteiger partial charge in [0, 0.05) is 32.7 Å². The van der Waals surface area contributed by atoms with E-state index in [1.807, 2.05) is 72.8 Å². The minimum atomic E-state index is -0.109. The number of carbonyl (C=O) groups is 1. The van der Waals surface area contributed by atoms with Gasteiger partial charge in [0.1, 0.15) is 5.75 Å². The highest BCUT2D eigenvalue weighted by atomic mass is 35.5. The maximum absolute atomic E-state index is 13.3. The van der Waals surface area contributed by atoms with E-state index < -0.39 is 0 Å². The highest BCUT2D eigenvalue weighted by molar-refractivity contribution is 8.27. The van der Waals surface area contributed by atoms with Crippen LogP contribution in [-0.4, -0.2) is 66.4 Å². The van der Waals surface area contributed by atoms with Gasteiger partial charge in [-0.3, -0.25) is 9.69 Å². The number of piperazine rings is 1. The van der Waals surface area contributed by atoms with E-state index in [9.17, 15) is 4.79 Å². The smallest absolute Gasteiger partial charge is 0.270 e. The van der Waals surface area contributed by atoms with Crippen LogP contribution in [0.1, 0.15) is 17.5 Å². The largest absolute Gasteiger partial charge is 0.494 e. The fourth-order valence-electron chi connectivity index (χ4n) is 4.70. The molecule has 1 amide bonds. The summed E-state index contributed by atoms with van der Waals surface area (Å²) in [5, 5.41) is 0. The first-order valence-electron chi connectivity index (χ1n) is 13.3. The molecule has 2 aliphatic rings. The summed E-state index contributed by atoms with van der Waals surface area (Å²) in [6, 6.07) is 28.0. The third kappa shape index (κ3) is 8.67. The zero-order valence-electron chi connectivity index (χ0n) is 23.0. The summed E-state index contributed by atoms with van der Waals surface area (Å²) in [5.41, 5.74) is 3.99. The Hall–Kier alpha value is -2.65. The van der Waals surface area contributed by atoms with E-state index in [-0.39, 0.29) is 30.7 Å². The van der Waals surface area contributed by atoms with Gasteiger partial charge in [0.15, 0.2) is 4.32 Å². The lowest BCUT2D eigenvalue weighted by molar-refractivity contribution is -0.113. The summed E-state index contributed by atoms with van der Waals surface area (Å²) in [6.07, 6.45) is 4.88. The van der Waals surface area contributed by atoms with Gasteiger partial charge in [-0.1, -0.05) is 90.7 Å². The molecule has 2 aliphatic heterocycles. The van der Waals surface area contributed by atoms with Crippen LogP contribution in [0.4, 0.5) is 5.69 Å². The van der Waals surface area contributed by atoms with Crippen molar-refractivity contribution in [2.24, 2.45) is 0 Å². The Morgan fingerprint density at radius 1 is 0.878 bits per heavy atom. The first-order valence-corrected chi connectivity index (χ1v) is 14.5. The number of likely N-dealkylation sites (N-methyl/N-ethyl adjacent to an activating group) is 1. The average molecular weight is 629 g/mol. The number of hydrogen-bond donors (Lipinski definition) is 0. The van der Waals surface area contributed by atoms with Crippen molar-refractivity contribution in [3.05, 3.63) is 113 Å². The van der Waals surface area contributed by atoms with E-state index in [0.717, 1.165) is 67.3 Å². The van der Waals surface area contributed by atoms with Crippen molar-refractivity contribution in [3.8, 4) is 5.75 Å². The Kier molecular flexibility index (Phi) is 12.9. The Labute approximate surface area is 265 Å². The molecule has 0 bridgehead atoms. The van der Waals surface area contributed by atoms with E-state index in [1.54, 1.807) is 4.90 Å². The summed E-state index contributed by atoms with van der Waals surface area (Å²) >= 11 is 6.93. The molecule has 41 heavy (non-hydrogen) atoms. The molecule has 216 valence electrons. The number of carbonyl (C=O) groups excluding carboxylic acids is 1. The quantitative estimate of drug-likeness (QED) is 0.145. The zero-order chi connectivity index (χ0) is 27.0. The Bertz CT molecular complexity index is 1300. The number of allylic oxidation sites excluding steroid dienone is 2. The Morgan fingerprint density at radius 3 is 2.05 bits per heavy atom. The zero-order valence-corrected chi connectivity index (χ0v) is 26.2. The molecule has 0 radical (unpaired) electrons. The van der Waals surface area contributed by atoms with Crippen LogP contribution in [0.2, 0.25) is 0 Å². The molecule has 0 atom stereocenters. The first kappa shape index (κ1) is 32.9. The van der Waals surface area contributed by atoms with Gasteiger partial charge < -0.3 is 14.5 Å². The summed E-state index contributed by atoms with van der Waals surface area (Å²) < 4.78 is 6.49. The molecular weight excluding hydrogens is 593 g/mol. The number of amides is 1. The van der Waals surface area contributed by atoms with E-state index in [2.05, 4.69) is 41.1 Å². The second-order valence-corrected chi connectivity index (χ2v) is 11.4. The molecule has 2 fully saturated rings. The van der Waals surface area contributed by atoms with Gasteiger partial charge in [-0.2, -0.15) is 0 Å². The van der Waals surface area contributed by atoms with Crippen LogP contribution in [-0.2, 0) is 4.79 Å². The van der Waals surface area contributed by atoms with Crippen LogP contribution < -0.4 is 9.64 Å². The standard InChI is InChI=1S/C32H33N3O2S2.2ClH/c1-33-20-22-34(23-21-33)19-8-24-37-28-15-13-27(14-16-28)35-31(36)30(39-32(35)38)18-17-29(25-9-4-2-5-10-25)26-11-6-3-7-12-26;;/h2-7,9-18H,8,19-24H2,1H3;2*1H. The average Bonchev–Trinajstić information content (AvgIpc) is 3.26. The molecule has 5 rings (SSSR count). The summed E-state index contributed by atoms with van der Waals surface area (Å²) in [6.45, 7) is 6.24. The van der Waals surface area contributed by atoms with Gasteiger partial charge in [0.2, 0.25) is 0 Å². The first-order chi connectivity index (χ1) is 19.1. The molecule has 2 heterocycles. The molecule has 9 heteroatoms. The summed E-state index contributed by atoms with van der Waals surface area (Å²) in [7, 11) is 2.17. The minimum absolute atomic E-state index is 0. The fourth-order valence-corrected chi connectivity index (χ4v) is 5.94. The number of hydrogen-bond acceptors (Lipinski definition) is 6. The van der Waals surface area contributed by atoms with Crippen LogP contribution in [0.25, 0.3) is 5.57 Å². The van der Waals surface area contributed by atoms with Crippen LogP contribution in [0.5, 0.6) is 5.75 Å². The predicted octanol–water partition coefficient (Wildman–Crippen LogP) is 6.93.